The highest BCUT2D eigenvalue weighted by molar-refractivity contribution is 6.31. The molecule has 2 heterocycles. The van der Waals surface area contributed by atoms with E-state index in [1.165, 1.54) is 0 Å². The van der Waals surface area contributed by atoms with Crippen molar-refractivity contribution in [2.45, 2.75) is 13.8 Å². The number of nitrogens with one attached hydrogen (secondary N) is 2. The van der Waals surface area contributed by atoms with E-state index in [2.05, 4.69) is 15.7 Å². The molecule has 1 saturated heterocycles. The van der Waals surface area contributed by atoms with Gasteiger partial charge in [0.1, 0.15) is 0 Å². The molecule has 0 unspecified atom stereocenters. The van der Waals surface area contributed by atoms with Gasteiger partial charge in [0.2, 0.25) is 0 Å². The second-order valence-corrected chi connectivity index (χ2v) is 6.06. The zero-order valence-electron chi connectivity index (χ0n) is 13.1. The zero-order valence-corrected chi connectivity index (χ0v) is 14.7. The predicted molar refractivity (Wildman–Crippen MR) is 94.0 cm³/mol. The average molecular weight is 355 g/mol. The molecule has 0 bridgehead atoms. The van der Waals surface area contributed by atoms with Crippen molar-refractivity contribution in [3.8, 4) is 5.69 Å². The Bertz CT molecular complexity index is 693. The Morgan fingerprint density at radius 3 is 2.48 bits per heavy atom. The molecule has 3 rings (SSSR count). The minimum atomic E-state index is -0.0372. The molecule has 1 aliphatic heterocycles. The van der Waals surface area contributed by atoms with Crippen molar-refractivity contribution in [2.75, 3.05) is 19.6 Å². The third-order valence-corrected chi connectivity index (χ3v) is 4.54. The normalized spacial score (nSPS) is 14.0. The van der Waals surface area contributed by atoms with Crippen molar-refractivity contribution in [1.29, 1.82) is 0 Å². The standard InChI is InChI=1S/C16H19ClN4O.ClH/c1-10-15(17)11(2)21(20-10)14-5-3-13(4-6-14)16(22)19-9-12-7-18-8-12;/h3-6,12,18H,7-9H2,1-2H3,(H,19,22);1H. The first-order valence-electron chi connectivity index (χ1n) is 7.37. The van der Waals surface area contributed by atoms with Crippen molar-refractivity contribution in [3.63, 3.8) is 0 Å². The average Bonchev–Trinajstić information content (AvgIpc) is 2.73. The Morgan fingerprint density at radius 2 is 2.00 bits per heavy atom. The topological polar surface area (TPSA) is 59.0 Å². The third kappa shape index (κ3) is 3.68. The summed E-state index contributed by atoms with van der Waals surface area (Å²) >= 11 is 6.17. The molecular weight excluding hydrogens is 335 g/mol. The molecule has 124 valence electrons. The monoisotopic (exact) mass is 354 g/mol. The number of nitrogens with zero attached hydrogens (tertiary/aromatic N) is 2. The van der Waals surface area contributed by atoms with E-state index in [4.69, 9.17) is 11.6 Å². The van der Waals surface area contributed by atoms with Gasteiger partial charge in [-0.1, -0.05) is 11.6 Å². The van der Waals surface area contributed by atoms with Crippen LogP contribution in [0.3, 0.4) is 0 Å². The minimum absolute atomic E-state index is 0. The van der Waals surface area contributed by atoms with Crippen LogP contribution < -0.4 is 10.6 Å². The molecule has 0 spiro atoms. The fourth-order valence-corrected chi connectivity index (χ4v) is 2.58. The first-order valence-corrected chi connectivity index (χ1v) is 7.75. The van der Waals surface area contributed by atoms with E-state index in [9.17, 15) is 4.79 Å². The van der Waals surface area contributed by atoms with Gasteiger partial charge in [-0.3, -0.25) is 4.79 Å². The van der Waals surface area contributed by atoms with Gasteiger partial charge < -0.3 is 10.6 Å². The highest BCUT2D eigenvalue weighted by atomic mass is 35.5. The Labute approximate surface area is 146 Å². The molecule has 2 N–H and O–H groups in total. The van der Waals surface area contributed by atoms with Crippen LogP contribution in [0.5, 0.6) is 0 Å². The summed E-state index contributed by atoms with van der Waals surface area (Å²) in [5.41, 5.74) is 3.25. The number of rotatable bonds is 4. The Hall–Kier alpha value is -1.56. The molecule has 0 radical (unpaired) electrons. The van der Waals surface area contributed by atoms with Gasteiger partial charge in [0.05, 0.1) is 22.1 Å². The first kappa shape index (κ1) is 17.8. The first-order chi connectivity index (χ1) is 10.6. The summed E-state index contributed by atoms with van der Waals surface area (Å²) in [4.78, 5) is 12.1. The number of carbonyl (C=O) groups excluding carboxylic acids is 1. The molecule has 1 aromatic heterocycles. The number of amides is 1. The van der Waals surface area contributed by atoms with E-state index in [0.29, 0.717) is 16.5 Å². The Morgan fingerprint density at radius 1 is 1.35 bits per heavy atom. The van der Waals surface area contributed by atoms with Crippen molar-refractivity contribution in [2.24, 2.45) is 5.92 Å². The summed E-state index contributed by atoms with van der Waals surface area (Å²) in [7, 11) is 0. The van der Waals surface area contributed by atoms with Gasteiger partial charge in [0.25, 0.3) is 5.91 Å². The molecule has 23 heavy (non-hydrogen) atoms. The predicted octanol–water partition coefficient (Wildman–Crippen LogP) is 2.51. The van der Waals surface area contributed by atoms with E-state index < -0.39 is 0 Å². The summed E-state index contributed by atoms with van der Waals surface area (Å²) in [6, 6.07) is 7.40. The molecule has 1 fully saturated rings. The molecule has 0 aliphatic carbocycles. The van der Waals surface area contributed by atoms with Gasteiger partial charge in [-0.25, -0.2) is 4.68 Å². The molecular formula is C16H20Cl2N4O. The van der Waals surface area contributed by atoms with Gasteiger partial charge in [-0.2, -0.15) is 5.10 Å². The molecule has 1 aliphatic rings. The van der Waals surface area contributed by atoms with E-state index >= 15 is 0 Å². The Kier molecular flexibility index (Phi) is 5.68. The van der Waals surface area contributed by atoms with Crippen molar-refractivity contribution in [3.05, 3.63) is 46.2 Å². The van der Waals surface area contributed by atoms with Gasteiger partial charge in [0, 0.05) is 31.1 Å². The molecule has 2 aromatic rings. The van der Waals surface area contributed by atoms with Crippen LogP contribution in [-0.4, -0.2) is 35.3 Å². The largest absolute Gasteiger partial charge is 0.352 e. The maximum atomic E-state index is 12.1. The van der Waals surface area contributed by atoms with Crippen molar-refractivity contribution >= 4 is 29.9 Å². The van der Waals surface area contributed by atoms with Crippen molar-refractivity contribution in [1.82, 2.24) is 20.4 Å². The van der Waals surface area contributed by atoms with Crippen LogP contribution in [0.15, 0.2) is 24.3 Å². The number of halogens is 2. The molecule has 5 nitrogen and oxygen atoms in total. The second kappa shape index (κ2) is 7.34. The summed E-state index contributed by atoms with van der Waals surface area (Å²) in [5.74, 6) is 0.518. The van der Waals surface area contributed by atoms with Crippen LogP contribution in [0, 0.1) is 19.8 Å². The molecule has 0 atom stereocenters. The summed E-state index contributed by atoms with van der Waals surface area (Å²) in [5, 5.41) is 11.2. The van der Waals surface area contributed by atoms with Crippen LogP contribution >= 0.6 is 24.0 Å². The lowest BCUT2D eigenvalue weighted by atomic mass is 10.0. The number of carbonyl (C=O) groups is 1. The van der Waals surface area contributed by atoms with Gasteiger partial charge in [-0.15, -0.1) is 12.4 Å². The quantitative estimate of drug-likeness (QED) is 0.886. The van der Waals surface area contributed by atoms with Gasteiger partial charge in [-0.05, 0) is 38.1 Å². The van der Waals surface area contributed by atoms with Crippen LogP contribution in [0.2, 0.25) is 5.02 Å². The summed E-state index contributed by atoms with van der Waals surface area (Å²) < 4.78 is 1.79. The molecule has 1 aromatic carbocycles. The minimum Gasteiger partial charge on any atom is -0.352 e. The van der Waals surface area contributed by atoms with Crippen LogP contribution in [0.25, 0.3) is 5.69 Å². The Balaban J connectivity index is 0.00000192. The summed E-state index contributed by atoms with van der Waals surface area (Å²) in [6.45, 7) is 6.50. The summed E-state index contributed by atoms with van der Waals surface area (Å²) in [6.07, 6.45) is 0. The van der Waals surface area contributed by atoms with Crippen LogP contribution in [0.4, 0.5) is 0 Å². The number of aromatic nitrogens is 2. The number of hydrogen-bond donors (Lipinski definition) is 2. The lowest BCUT2D eigenvalue weighted by Crippen LogP contribution is -2.48. The fourth-order valence-electron chi connectivity index (χ4n) is 2.46. The highest BCUT2D eigenvalue weighted by Crippen LogP contribution is 2.22. The number of aryl methyl sites for hydroxylation is 1. The maximum absolute atomic E-state index is 12.1. The number of benzene rings is 1. The molecule has 1 amide bonds. The van der Waals surface area contributed by atoms with E-state index in [-0.39, 0.29) is 18.3 Å². The maximum Gasteiger partial charge on any atom is 0.251 e. The SMILES string of the molecule is Cc1nn(-c2ccc(C(=O)NCC3CNC3)cc2)c(C)c1Cl.Cl. The van der Waals surface area contributed by atoms with Crippen LogP contribution in [0.1, 0.15) is 21.7 Å². The fraction of sp³-hybridized carbons (Fsp3) is 0.375. The highest BCUT2D eigenvalue weighted by Gasteiger charge is 2.17. The van der Waals surface area contributed by atoms with E-state index in [1.807, 2.05) is 38.1 Å². The van der Waals surface area contributed by atoms with E-state index in [1.54, 1.807) is 4.68 Å². The van der Waals surface area contributed by atoms with Crippen molar-refractivity contribution < 1.29 is 4.79 Å². The zero-order chi connectivity index (χ0) is 15.7. The second-order valence-electron chi connectivity index (χ2n) is 5.68. The lowest BCUT2D eigenvalue weighted by Gasteiger charge is -2.27. The lowest BCUT2D eigenvalue weighted by molar-refractivity contribution is 0.0942. The molecule has 0 saturated carbocycles. The smallest absolute Gasteiger partial charge is 0.251 e. The third-order valence-electron chi connectivity index (χ3n) is 3.99. The van der Waals surface area contributed by atoms with Crippen LogP contribution in [-0.2, 0) is 0 Å². The van der Waals surface area contributed by atoms with Gasteiger partial charge in [0.15, 0.2) is 0 Å². The van der Waals surface area contributed by atoms with E-state index in [0.717, 1.165) is 36.7 Å². The molecule has 7 heteroatoms. The van der Waals surface area contributed by atoms with Gasteiger partial charge >= 0.3 is 0 Å². The number of hydrogen-bond acceptors (Lipinski definition) is 3.